The van der Waals surface area contributed by atoms with Crippen LogP contribution in [0.3, 0.4) is 0 Å². The fourth-order valence-electron chi connectivity index (χ4n) is 2.08. The Bertz CT molecular complexity index is 566. The zero-order valence-electron chi connectivity index (χ0n) is 12.4. The van der Waals surface area contributed by atoms with E-state index >= 15 is 0 Å². The van der Waals surface area contributed by atoms with Crippen LogP contribution in [0.15, 0.2) is 12.5 Å². The first-order valence-electron chi connectivity index (χ1n) is 6.86. The van der Waals surface area contributed by atoms with Crippen LogP contribution in [0.1, 0.15) is 41.8 Å². The van der Waals surface area contributed by atoms with Crippen LogP contribution >= 0.6 is 11.3 Å². The quantitative estimate of drug-likeness (QED) is 0.854. The van der Waals surface area contributed by atoms with Crippen LogP contribution in [0.5, 0.6) is 0 Å². The molecule has 0 aliphatic carbocycles. The van der Waals surface area contributed by atoms with Crippen molar-refractivity contribution in [2.45, 2.75) is 39.7 Å². The molecular formula is C14H21N5S. The van der Waals surface area contributed by atoms with Gasteiger partial charge in [-0.05, 0) is 20.3 Å². The van der Waals surface area contributed by atoms with Gasteiger partial charge in [-0.3, -0.25) is 0 Å². The highest BCUT2D eigenvalue weighted by Crippen LogP contribution is 2.27. The highest BCUT2D eigenvalue weighted by Gasteiger charge is 2.14. The Labute approximate surface area is 123 Å². The number of aryl methyl sites for hydroxylation is 1. The average molecular weight is 291 g/mol. The SMILES string of the molecule is CCCc1c(NC)ncnc1NC(C)c1ncc(C)s1. The minimum absolute atomic E-state index is 0.143. The Morgan fingerprint density at radius 2 is 2.00 bits per heavy atom. The van der Waals surface area contributed by atoms with Crippen molar-refractivity contribution in [1.29, 1.82) is 0 Å². The Morgan fingerprint density at radius 1 is 1.25 bits per heavy atom. The van der Waals surface area contributed by atoms with E-state index in [1.807, 2.05) is 13.2 Å². The molecule has 0 saturated carbocycles. The van der Waals surface area contributed by atoms with Crippen LogP contribution in [0.4, 0.5) is 11.6 Å². The summed E-state index contributed by atoms with van der Waals surface area (Å²) in [7, 11) is 1.89. The van der Waals surface area contributed by atoms with Crippen molar-refractivity contribution >= 4 is 23.0 Å². The second-order valence-electron chi connectivity index (χ2n) is 4.72. The molecule has 108 valence electrons. The first kappa shape index (κ1) is 14.7. The van der Waals surface area contributed by atoms with Crippen molar-refractivity contribution in [1.82, 2.24) is 15.0 Å². The van der Waals surface area contributed by atoms with Gasteiger partial charge in [0.15, 0.2) is 0 Å². The van der Waals surface area contributed by atoms with Gasteiger partial charge in [-0.15, -0.1) is 11.3 Å². The maximum Gasteiger partial charge on any atom is 0.135 e. The van der Waals surface area contributed by atoms with Gasteiger partial charge in [0.25, 0.3) is 0 Å². The van der Waals surface area contributed by atoms with E-state index in [0.29, 0.717) is 0 Å². The lowest BCUT2D eigenvalue weighted by atomic mass is 10.1. The Morgan fingerprint density at radius 3 is 2.60 bits per heavy atom. The fraction of sp³-hybridized carbons (Fsp3) is 0.500. The molecule has 2 N–H and O–H groups in total. The number of nitrogens with one attached hydrogen (secondary N) is 2. The lowest BCUT2D eigenvalue weighted by Crippen LogP contribution is -2.12. The number of rotatable bonds is 6. The molecule has 0 amide bonds. The summed E-state index contributed by atoms with van der Waals surface area (Å²) in [6.45, 7) is 6.33. The van der Waals surface area contributed by atoms with Crippen molar-refractivity contribution in [2.24, 2.45) is 0 Å². The van der Waals surface area contributed by atoms with Gasteiger partial charge in [-0.1, -0.05) is 13.3 Å². The molecule has 0 bridgehead atoms. The van der Waals surface area contributed by atoms with Crippen molar-refractivity contribution in [3.05, 3.63) is 28.0 Å². The highest BCUT2D eigenvalue weighted by molar-refractivity contribution is 7.11. The molecule has 0 aliphatic rings. The summed E-state index contributed by atoms with van der Waals surface area (Å²) in [5.41, 5.74) is 1.14. The van der Waals surface area contributed by atoms with Crippen molar-refractivity contribution in [2.75, 3.05) is 17.7 Å². The predicted octanol–water partition coefficient (Wildman–Crippen LogP) is 3.41. The molecule has 0 aliphatic heterocycles. The van der Waals surface area contributed by atoms with Crippen molar-refractivity contribution in [3.8, 4) is 0 Å². The molecule has 0 fully saturated rings. The van der Waals surface area contributed by atoms with E-state index in [1.54, 1.807) is 17.7 Å². The minimum Gasteiger partial charge on any atom is -0.373 e. The molecule has 1 unspecified atom stereocenters. The first-order valence-corrected chi connectivity index (χ1v) is 7.67. The fourth-order valence-corrected chi connectivity index (χ4v) is 2.85. The zero-order chi connectivity index (χ0) is 14.5. The van der Waals surface area contributed by atoms with Gasteiger partial charge < -0.3 is 10.6 Å². The number of nitrogens with zero attached hydrogens (tertiary/aromatic N) is 3. The number of hydrogen-bond donors (Lipinski definition) is 2. The molecule has 20 heavy (non-hydrogen) atoms. The second kappa shape index (κ2) is 6.65. The third kappa shape index (κ3) is 3.25. The van der Waals surface area contributed by atoms with Crippen LogP contribution in [-0.2, 0) is 6.42 Å². The van der Waals surface area contributed by atoms with Gasteiger partial charge in [0.05, 0.1) is 6.04 Å². The standard InChI is InChI=1S/C14H21N5S/c1-5-6-11-12(15-4)17-8-18-13(11)19-10(3)14-16-7-9(2)20-14/h7-8,10H,5-6H2,1-4H3,(H2,15,17,18,19). The molecule has 2 aromatic heterocycles. The highest BCUT2D eigenvalue weighted by atomic mass is 32.1. The smallest absolute Gasteiger partial charge is 0.135 e. The van der Waals surface area contributed by atoms with Crippen LogP contribution in [0.2, 0.25) is 0 Å². The maximum atomic E-state index is 4.43. The lowest BCUT2D eigenvalue weighted by Gasteiger charge is -2.17. The van der Waals surface area contributed by atoms with Gasteiger partial charge in [-0.25, -0.2) is 15.0 Å². The lowest BCUT2D eigenvalue weighted by molar-refractivity contribution is 0.839. The minimum atomic E-state index is 0.143. The zero-order valence-corrected chi connectivity index (χ0v) is 13.2. The van der Waals surface area contributed by atoms with Gasteiger partial charge in [-0.2, -0.15) is 0 Å². The molecule has 5 nitrogen and oxygen atoms in total. The molecule has 1 atom stereocenters. The largest absolute Gasteiger partial charge is 0.373 e. The van der Waals surface area contributed by atoms with Gasteiger partial charge in [0.1, 0.15) is 23.0 Å². The summed E-state index contributed by atoms with van der Waals surface area (Å²) in [6.07, 6.45) is 5.50. The summed E-state index contributed by atoms with van der Waals surface area (Å²) in [5, 5.41) is 7.67. The number of aromatic nitrogens is 3. The van der Waals surface area contributed by atoms with Crippen LogP contribution < -0.4 is 10.6 Å². The van der Waals surface area contributed by atoms with Crippen LogP contribution in [0.25, 0.3) is 0 Å². The molecule has 2 heterocycles. The molecule has 0 spiro atoms. The van der Waals surface area contributed by atoms with E-state index in [1.165, 1.54) is 4.88 Å². The van der Waals surface area contributed by atoms with Crippen molar-refractivity contribution < 1.29 is 0 Å². The Kier molecular flexibility index (Phi) is 4.89. The second-order valence-corrected chi connectivity index (χ2v) is 5.99. The summed E-state index contributed by atoms with van der Waals surface area (Å²) < 4.78 is 0. The normalized spacial score (nSPS) is 12.2. The van der Waals surface area contributed by atoms with Crippen LogP contribution in [0, 0.1) is 6.92 Å². The maximum absolute atomic E-state index is 4.43. The predicted molar refractivity (Wildman–Crippen MR) is 84.5 cm³/mol. The van der Waals surface area contributed by atoms with E-state index in [9.17, 15) is 0 Å². The third-order valence-electron chi connectivity index (χ3n) is 3.04. The van der Waals surface area contributed by atoms with E-state index in [0.717, 1.165) is 35.0 Å². The molecule has 2 rings (SSSR count). The monoisotopic (exact) mass is 291 g/mol. The molecular weight excluding hydrogens is 270 g/mol. The van der Waals surface area contributed by atoms with Crippen molar-refractivity contribution in [3.63, 3.8) is 0 Å². The molecule has 0 aromatic carbocycles. The summed E-state index contributed by atoms with van der Waals surface area (Å²) in [6, 6.07) is 0.143. The topological polar surface area (TPSA) is 62.7 Å². The number of anilines is 2. The number of hydrogen-bond acceptors (Lipinski definition) is 6. The van der Waals surface area contributed by atoms with E-state index < -0.39 is 0 Å². The van der Waals surface area contributed by atoms with Gasteiger partial charge in [0, 0.05) is 23.7 Å². The van der Waals surface area contributed by atoms with Gasteiger partial charge in [0.2, 0.25) is 0 Å². The first-order chi connectivity index (χ1) is 9.65. The van der Waals surface area contributed by atoms with E-state index in [4.69, 9.17) is 0 Å². The van der Waals surface area contributed by atoms with E-state index in [2.05, 4.69) is 46.4 Å². The van der Waals surface area contributed by atoms with E-state index in [-0.39, 0.29) is 6.04 Å². The molecule has 6 heteroatoms. The van der Waals surface area contributed by atoms with Crippen LogP contribution in [-0.4, -0.2) is 22.0 Å². The molecule has 0 saturated heterocycles. The summed E-state index contributed by atoms with van der Waals surface area (Å²) >= 11 is 1.71. The Hall–Kier alpha value is -1.69. The van der Waals surface area contributed by atoms with Gasteiger partial charge >= 0.3 is 0 Å². The third-order valence-corrected chi connectivity index (χ3v) is 4.14. The summed E-state index contributed by atoms with van der Waals surface area (Å²) in [5.74, 6) is 1.79. The summed E-state index contributed by atoms with van der Waals surface area (Å²) in [4.78, 5) is 14.3. The Balaban J connectivity index is 2.24. The average Bonchev–Trinajstić information content (AvgIpc) is 2.87. The number of thiazole rings is 1. The molecule has 0 radical (unpaired) electrons. The molecule has 2 aromatic rings.